The molecule has 0 aliphatic heterocycles. The summed E-state index contributed by atoms with van der Waals surface area (Å²) in [4.78, 5) is 24.0. The summed E-state index contributed by atoms with van der Waals surface area (Å²) in [7, 11) is 0. The highest BCUT2D eigenvalue weighted by atomic mass is 35.5. The van der Waals surface area contributed by atoms with E-state index >= 15 is 0 Å². The molecule has 24 heavy (non-hydrogen) atoms. The Morgan fingerprint density at radius 1 is 1.25 bits per heavy atom. The van der Waals surface area contributed by atoms with Crippen LogP contribution in [0.5, 0.6) is 0 Å². The third-order valence-corrected chi connectivity index (χ3v) is 4.75. The minimum Gasteiger partial charge on any atom is -0.334 e. The summed E-state index contributed by atoms with van der Waals surface area (Å²) in [5, 5.41) is 0. The molecule has 0 bridgehead atoms. The van der Waals surface area contributed by atoms with E-state index in [4.69, 9.17) is 11.6 Å². The number of carbonyl (C=O) groups excluding carboxylic acids is 1. The molecule has 3 aromatic rings. The van der Waals surface area contributed by atoms with Crippen LogP contribution in [-0.2, 0) is 11.3 Å². The fourth-order valence-electron chi connectivity index (χ4n) is 2.28. The highest BCUT2D eigenvalue weighted by molar-refractivity contribution is 7.16. The molecule has 1 aromatic carbocycles. The van der Waals surface area contributed by atoms with Gasteiger partial charge in [-0.05, 0) is 37.3 Å². The first kappa shape index (κ1) is 16.6. The maximum Gasteiger partial charge on any atom is 0.246 e. The van der Waals surface area contributed by atoms with Gasteiger partial charge in [0.05, 0.1) is 33.8 Å². The van der Waals surface area contributed by atoms with Gasteiger partial charge >= 0.3 is 0 Å². The topological polar surface area (TPSA) is 46.1 Å². The van der Waals surface area contributed by atoms with E-state index in [2.05, 4.69) is 9.97 Å². The van der Waals surface area contributed by atoms with Gasteiger partial charge in [0.25, 0.3) is 0 Å². The van der Waals surface area contributed by atoms with Crippen molar-refractivity contribution in [3.8, 4) is 0 Å². The molecule has 0 aliphatic rings. The van der Waals surface area contributed by atoms with E-state index in [-0.39, 0.29) is 5.91 Å². The number of benzene rings is 1. The Labute approximate surface area is 149 Å². The predicted octanol–water partition coefficient (Wildman–Crippen LogP) is 4.41. The van der Waals surface area contributed by atoms with E-state index in [1.165, 1.54) is 17.4 Å². The number of hydrogen-bond donors (Lipinski definition) is 0. The Balaban J connectivity index is 1.72. The lowest BCUT2D eigenvalue weighted by Gasteiger charge is -2.18. The molecule has 0 fully saturated rings. The zero-order valence-corrected chi connectivity index (χ0v) is 14.7. The van der Waals surface area contributed by atoms with Gasteiger partial charge in [0.1, 0.15) is 0 Å². The van der Waals surface area contributed by atoms with Crippen LogP contribution in [0.25, 0.3) is 17.1 Å². The molecule has 0 saturated carbocycles. The van der Waals surface area contributed by atoms with E-state index in [9.17, 15) is 4.79 Å². The minimum absolute atomic E-state index is 0.0584. The van der Waals surface area contributed by atoms with Crippen molar-refractivity contribution in [1.29, 1.82) is 0 Å². The van der Waals surface area contributed by atoms with Crippen molar-refractivity contribution in [2.75, 3.05) is 6.54 Å². The maximum absolute atomic E-state index is 12.4. The van der Waals surface area contributed by atoms with Crippen LogP contribution in [0, 0.1) is 0 Å². The number of nitrogens with zero attached hydrogens (tertiary/aromatic N) is 3. The molecule has 0 atom stereocenters. The molecular formula is C18H16ClN3OS. The summed E-state index contributed by atoms with van der Waals surface area (Å²) in [6, 6.07) is 11.4. The summed E-state index contributed by atoms with van der Waals surface area (Å²) in [5.74, 6) is -0.0584. The average Bonchev–Trinajstić information content (AvgIpc) is 3.02. The van der Waals surface area contributed by atoms with Crippen molar-refractivity contribution in [3.63, 3.8) is 0 Å². The van der Waals surface area contributed by atoms with Crippen molar-refractivity contribution in [1.82, 2.24) is 14.9 Å². The van der Waals surface area contributed by atoms with Crippen LogP contribution in [0.15, 0.2) is 48.7 Å². The molecule has 0 unspecified atom stereocenters. The van der Waals surface area contributed by atoms with E-state index in [0.717, 1.165) is 20.2 Å². The summed E-state index contributed by atoms with van der Waals surface area (Å²) in [6.07, 6.45) is 4.91. The van der Waals surface area contributed by atoms with Crippen LogP contribution < -0.4 is 0 Å². The zero-order valence-electron chi connectivity index (χ0n) is 13.1. The van der Waals surface area contributed by atoms with Gasteiger partial charge in [-0.3, -0.25) is 9.78 Å². The van der Waals surface area contributed by atoms with Gasteiger partial charge in [0.15, 0.2) is 0 Å². The average molecular weight is 358 g/mol. The third kappa shape index (κ3) is 3.99. The monoisotopic (exact) mass is 357 g/mol. The molecule has 0 saturated heterocycles. The fraction of sp³-hybridized carbons (Fsp3) is 0.167. The number of fused-ring (bicyclic) bond motifs is 1. The lowest BCUT2D eigenvalue weighted by Crippen LogP contribution is -2.28. The van der Waals surface area contributed by atoms with Crippen LogP contribution in [0.3, 0.4) is 0 Å². The van der Waals surface area contributed by atoms with Gasteiger partial charge in [0.2, 0.25) is 5.91 Å². The van der Waals surface area contributed by atoms with Crippen LogP contribution in [-0.4, -0.2) is 27.3 Å². The van der Waals surface area contributed by atoms with Gasteiger partial charge in [-0.15, -0.1) is 11.3 Å². The Morgan fingerprint density at radius 2 is 2.04 bits per heavy atom. The Bertz CT molecular complexity index is 891. The van der Waals surface area contributed by atoms with Crippen LogP contribution in [0.2, 0.25) is 4.34 Å². The predicted molar refractivity (Wildman–Crippen MR) is 99.0 cm³/mol. The second-order valence-electron chi connectivity index (χ2n) is 5.18. The summed E-state index contributed by atoms with van der Waals surface area (Å²) >= 11 is 7.43. The van der Waals surface area contributed by atoms with Crippen LogP contribution in [0.1, 0.15) is 17.5 Å². The van der Waals surface area contributed by atoms with Gasteiger partial charge in [0, 0.05) is 17.5 Å². The highest BCUT2D eigenvalue weighted by Crippen LogP contribution is 2.22. The number of carbonyl (C=O) groups is 1. The maximum atomic E-state index is 12.4. The molecule has 0 N–H and O–H groups in total. The lowest BCUT2D eigenvalue weighted by molar-refractivity contribution is -0.126. The van der Waals surface area contributed by atoms with Gasteiger partial charge in [-0.2, -0.15) is 0 Å². The second-order valence-corrected chi connectivity index (χ2v) is 6.97. The quantitative estimate of drug-likeness (QED) is 0.635. The van der Waals surface area contributed by atoms with E-state index in [0.29, 0.717) is 18.8 Å². The minimum atomic E-state index is -0.0584. The van der Waals surface area contributed by atoms with E-state index in [1.54, 1.807) is 17.2 Å². The molecule has 3 rings (SSSR count). The van der Waals surface area contributed by atoms with Gasteiger partial charge in [-0.1, -0.05) is 23.7 Å². The van der Waals surface area contributed by atoms with Crippen molar-refractivity contribution in [2.24, 2.45) is 0 Å². The Kier molecular flexibility index (Phi) is 5.23. The summed E-state index contributed by atoms with van der Waals surface area (Å²) < 4.78 is 0.732. The van der Waals surface area contributed by atoms with Crippen molar-refractivity contribution >= 4 is 46.0 Å². The Hall–Kier alpha value is -2.24. The van der Waals surface area contributed by atoms with Crippen LogP contribution in [0.4, 0.5) is 0 Å². The molecule has 2 heterocycles. The van der Waals surface area contributed by atoms with Crippen LogP contribution >= 0.6 is 22.9 Å². The number of amides is 1. The normalized spacial score (nSPS) is 11.2. The van der Waals surface area contributed by atoms with Crippen molar-refractivity contribution in [3.05, 3.63) is 63.6 Å². The summed E-state index contributed by atoms with van der Waals surface area (Å²) in [5.41, 5.74) is 2.32. The molecular weight excluding hydrogens is 342 g/mol. The first-order valence-electron chi connectivity index (χ1n) is 7.58. The fourth-order valence-corrected chi connectivity index (χ4v) is 3.39. The molecule has 2 aromatic heterocycles. The SMILES string of the molecule is CCN(Cc1ccc(Cl)s1)C(=O)/C=C/c1cnc2ccccc2n1. The number of thiophene rings is 1. The molecule has 0 spiro atoms. The molecule has 4 nitrogen and oxygen atoms in total. The molecule has 0 radical (unpaired) electrons. The zero-order chi connectivity index (χ0) is 16.9. The number of rotatable bonds is 5. The lowest BCUT2D eigenvalue weighted by atomic mass is 10.3. The molecule has 0 aliphatic carbocycles. The van der Waals surface area contributed by atoms with Gasteiger partial charge in [-0.25, -0.2) is 4.98 Å². The van der Waals surface area contributed by atoms with Gasteiger partial charge < -0.3 is 4.90 Å². The molecule has 1 amide bonds. The molecule has 6 heteroatoms. The number of halogens is 1. The number of likely N-dealkylation sites (N-methyl/N-ethyl adjacent to an activating group) is 1. The van der Waals surface area contributed by atoms with E-state index in [1.807, 2.05) is 43.3 Å². The Morgan fingerprint density at radius 3 is 2.75 bits per heavy atom. The third-order valence-electron chi connectivity index (χ3n) is 3.53. The highest BCUT2D eigenvalue weighted by Gasteiger charge is 2.10. The largest absolute Gasteiger partial charge is 0.334 e. The standard InChI is InChI=1S/C18H16ClN3OS/c1-2-22(12-14-8-9-17(19)24-14)18(23)10-7-13-11-20-15-5-3-4-6-16(15)21-13/h3-11H,2,12H2,1H3/b10-7+. The number of hydrogen-bond acceptors (Lipinski definition) is 4. The van der Waals surface area contributed by atoms with E-state index < -0.39 is 0 Å². The number of para-hydroxylation sites is 2. The summed E-state index contributed by atoms with van der Waals surface area (Å²) in [6.45, 7) is 3.14. The number of aromatic nitrogens is 2. The van der Waals surface area contributed by atoms with Crippen molar-refractivity contribution < 1.29 is 4.79 Å². The first-order valence-corrected chi connectivity index (χ1v) is 8.78. The first-order chi connectivity index (χ1) is 11.7. The smallest absolute Gasteiger partial charge is 0.246 e. The second kappa shape index (κ2) is 7.55. The molecule has 122 valence electrons. The van der Waals surface area contributed by atoms with Crippen molar-refractivity contribution in [2.45, 2.75) is 13.5 Å².